The molecule has 1 aliphatic heterocycles. The van der Waals surface area contributed by atoms with Gasteiger partial charge in [0.1, 0.15) is 0 Å². The van der Waals surface area contributed by atoms with Crippen LogP contribution in [0.4, 0.5) is 0 Å². The molecule has 0 aliphatic carbocycles. The topological polar surface area (TPSA) is 29.5 Å². The second kappa shape index (κ2) is 7.29. The molecule has 0 aromatic carbocycles. The van der Waals surface area contributed by atoms with Gasteiger partial charge in [-0.3, -0.25) is 0 Å². The summed E-state index contributed by atoms with van der Waals surface area (Å²) in [5.41, 5.74) is 0. The Morgan fingerprint density at radius 3 is 2.56 bits per heavy atom. The molecule has 4 unspecified atom stereocenters. The third kappa shape index (κ3) is 4.42. The number of aliphatic hydroxyl groups excluding tert-OH is 1. The van der Waals surface area contributed by atoms with Gasteiger partial charge in [-0.2, -0.15) is 0 Å². The lowest BCUT2D eigenvalue weighted by Gasteiger charge is -2.23. The summed E-state index contributed by atoms with van der Waals surface area (Å²) in [7, 11) is 0. The molecule has 0 bridgehead atoms. The smallest absolute Gasteiger partial charge is 0.0838 e. The van der Waals surface area contributed by atoms with E-state index in [4.69, 9.17) is 4.74 Å². The maximum atomic E-state index is 10.1. The molecule has 0 aromatic heterocycles. The van der Waals surface area contributed by atoms with Crippen LogP contribution in [0.2, 0.25) is 0 Å². The first-order chi connectivity index (χ1) is 7.67. The average Bonchev–Trinajstić information content (AvgIpc) is 2.70. The summed E-state index contributed by atoms with van der Waals surface area (Å²) in [6.07, 6.45) is 8.24. The van der Waals surface area contributed by atoms with Crippen LogP contribution < -0.4 is 0 Å². The van der Waals surface area contributed by atoms with Gasteiger partial charge in [-0.15, -0.1) is 0 Å². The van der Waals surface area contributed by atoms with Gasteiger partial charge in [0.15, 0.2) is 0 Å². The zero-order chi connectivity index (χ0) is 12.0. The van der Waals surface area contributed by atoms with Crippen LogP contribution >= 0.6 is 0 Å². The highest BCUT2D eigenvalue weighted by Gasteiger charge is 2.29. The fourth-order valence-electron chi connectivity index (χ4n) is 2.59. The Balaban J connectivity index is 2.27. The molecule has 4 atom stereocenters. The molecule has 1 rings (SSSR count). The molecule has 0 radical (unpaired) electrons. The van der Waals surface area contributed by atoms with Crippen LogP contribution in [0.15, 0.2) is 0 Å². The predicted octanol–water partition coefficient (Wildman–Crippen LogP) is 3.52. The summed E-state index contributed by atoms with van der Waals surface area (Å²) >= 11 is 0. The van der Waals surface area contributed by atoms with Crippen molar-refractivity contribution in [1.29, 1.82) is 0 Å². The van der Waals surface area contributed by atoms with Crippen molar-refractivity contribution in [2.45, 2.75) is 84.0 Å². The molecule has 1 aliphatic rings. The normalized spacial score (nSPS) is 29.2. The molecule has 0 spiro atoms. The lowest BCUT2D eigenvalue weighted by Crippen LogP contribution is -2.28. The molecular formula is C14H28O2. The van der Waals surface area contributed by atoms with Crippen LogP contribution in [0.1, 0.15) is 65.7 Å². The Hall–Kier alpha value is -0.0800. The van der Waals surface area contributed by atoms with E-state index < -0.39 is 0 Å². The zero-order valence-electron chi connectivity index (χ0n) is 11.1. The number of hydrogen-bond donors (Lipinski definition) is 1. The van der Waals surface area contributed by atoms with Crippen molar-refractivity contribution in [2.24, 2.45) is 5.92 Å². The van der Waals surface area contributed by atoms with Crippen molar-refractivity contribution in [3.8, 4) is 0 Å². The average molecular weight is 228 g/mol. The largest absolute Gasteiger partial charge is 0.390 e. The van der Waals surface area contributed by atoms with E-state index in [2.05, 4.69) is 20.8 Å². The van der Waals surface area contributed by atoms with Crippen molar-refractivity contribution in [2.75, 3.05) is 0 Å². The monoisotopic (exact) mass is 228 g/mol. The molecular weight excluding hydrogens is 200 g/mol. The summed E-state index contributed by atoms with van der Waals surface area (Å²) in [6, 6.07) is 0. The Bertz CT molecular complexity index is 182. The van der Waals surface area contributed by atoms with E-state index in [1.165, 1.54) is 25.7 Å². The molecule has 0 saturated carbocycles. The van der Waals surface area contributed by atoms with Gasteiger partial charge in [-0.05, 0) is 32.1 Å². The third-order valence-corrected chi connectivity index (χ3v) is 3.81. The Kier molecular flexibility index (Phi) is 6.37. The van der Waals surface area contributed by atoms with Crippen molar-refractivity contribution in [3.63, 3.8) is 0 Å². The number of hydrogen-bond acceptors (Lipinski definition) is 2. The summed E-state index contributed by atoms with van der Waals surface area (Å²) < 4.78 is 5.72. The second-order valence-corrected chi connectivity index (χ2v) is 5.28. The first-order valence-electron chi connectivity index (χ1n) is 7.00. The van der Waals surface area contributed by atoms with Crippen LogP contribution in [0, 0.1) is 5.92 Å². The van der Waals surface area contributed by atoms with E-state index >= 15 is 0 Å². The van der Waals surface area contributed by atoms with Gasteiger partial charge in [-0.25, -0.2) is 0 Å². The van der Waals surface area contributed by atoms with Crippen molar-refractivity contribution < 1.29 is 9.84 Å². The van der Waals surface area contributed by atoms with Gasteiger partial charge < -0.3 is 9.84 Å². The molecule has 2 heteroatoms. The van der Waals surface area contributed by atoms with E-state index in [-0.39, 0.29) is 12.2 Å². The van der Waals surface area contributed by atoms with E-state index in [0.717, 1.165) is 19.3 Å². The van der Waals surface area contributed by atoms with Crippen LogP contribution in [-0.2, 0) is 4.74 Å². The Morgan fingerprint density at radius 1 is 1.31 bits per heavy atom. The van der Waals surface area contributed by atoms with Crippen LogP contribution in [0.3, 0.4) is 0 Å². The summed E-state index contributed by atoms with van der Waals surface area (Å²) in [5, 5.41) is 10.1. The number of unbranched alkanes of at least 4 members (excludes halogenated alkanes) is 1. The predicted molar refractivity (Wildman–Crippen MR) is 67.5 cm³/mol. The van der Waals surface area contributed by atoms with Crippen LogP contribution in [-0.4, -0.2) is 23.4 Å². The zero-order valence-corrected chi connectivity index (χ0v) is 11.1. The highest BCUT2D eigenvalue weighted by atomic mass is 16.5. The van der Waals surface area contributed by atoms with Crippen LogP contribution in [0.5, 0.6) is 0 Å². The van der Waals surface area contributed by atoms with E-state index in [1.807, 2.05) is 0 Å². The molecule has 0 amide bonds. The van der Waals surface area contributed by atoms with Gasteiger partial charge in [-0.1, -0.05) is 39.5 Å². The molecule has 16 heavy (non-hydrogen) atoms. The summed E-state index contributed by atoms with van der Waals surface area (Å²) in [4.78, 5) is 0. The van der Waals surface area contributed by atoms with Gasteiger partial charge >= 0.3 is 0 Å². The first-order valence-corrected chi connectivity index (χ1v) is 7.00. The Morgan fingerprint density at radius 2 is 2.06 bits per heavy atom. The molecule has 1 saturated heterocycles. The minimum atomic E-state index is -0.244. The Labute approximate surface area is 100 Å². The maximum absolute atomic E-state index is 10.1. The lowest BCUT2D eigenvalue weighted by molar-refractivity contribution is -0.0381. The van der Waals surface area contributed by atoms with Gasteiger partial charge in [0.05, 0.1) is 18.3 Å². The lowest BCUT2D eigenvalue weighted by atomic mass is 9.91. The van der Waals surface area contributed by atoms with Crippen molar-refractivity contribution in [1.82, 2.24) is 0 Å². The fourth-order valence-corrected chi connectivity index (χ4v) is 2.59. The molecule has 1 N–H and O–H groups in total. The van der Waals surface area contributed by atoms with E-state index in [1.54, 1.807) is 0 Å². The minimum Gasteiger partial charge on any atom is -0.390 e. The number of rotatable bonds is 7. The second-order valence-electron chi connectivity index (χ2n) is 5.28. The molecule has 0 aromatic rings. The molecule has 2 nitrogen and oxygen atoms in total. The van der Waals surface area contributed by atoms with Crippen molar-refractivity contribution in [3.05, 3.63) is 0 Å². The van der Waals surface area contributed by atoms with E-state index in [9.17, 15) is 5.11 Å². The molecule has 1 fully saturated rings. The molecule has 1 heterocycles. The van der Waals surface area contributed by atoms with Gasteiger partial charge in [0.2, 0.25) is 0 Å². The van der Waals surface area contributed by atoms with Crippen LogP contribution in [0.25, 0.3) is 0 Å². The van der Waals surface area contributed by atoms with Crippen molar-refractivity contribution >= 4 is 0 Å². The summed E-state index contributed by atoms with van der Waals surface area (Å²) in [5.74, 6) is 0.675. The SMILES string of the molecule is CCCCC(CC)CC(O)C1CCC(C)O1. The first kappa shape index (κ1) is 14.0. The standard InChI is InChI=1S/C14H28O2/c1-4-6-7-12(5-2)10-13(15)14-9-8-11(3)16-14/h11-15H,4-10H2,1-3H3. The van der Waals surface area contributed by atoms with E-state index in [0.29, 0.717) is 12.0 Å². The minimum absolute atomic E-state index is 0.102. The molecule has 96 valence electrons. The maximum Gasteiger partial charge on any atom is 0.0838 e. The highest BCUT2D eigenvalue weighted by molar-refractivity contribution is 4.79. The number of ether oxygens (including phenoxy) is 1. The summed E-state index contributed by atoms with van der Waals surface area (Å²) in [6.45, 7) is 6.55. The van der Waals surface area contributed by atoms with Gasteiger partial charge in [0.25, 0.3) is 0 Å². The number of aliphatic hydroxyl groups is 1. The fraction of sp³-hybridized carbons (Fsp3) is 1.00. The highest BCUT2D eigenvalue weighted by Crippen LogP contribution is 2.27. The third-order valence-electron chi connectivity index (χ3n) is 3.81. The quantitative estimate of drug-likeness (QED) is 0.722. The van der Waals surface area contributed by atoms with Gasteiger partial charge in [0, 0.05) is 0 Å².